The van der Waals surface area contributed by atoms with Gasteiger partial charge in [0, 0.05) is 25.8 Å². The molecule has 1 aromatic heterocycles. The SMILES string of the molecule is [B]c1ccc(CN2CCOCC2)nc1. The minimum Gasteiger partial charge on any atom is -0.379 e. The molecule has 0 N–H and O–H groups in total. The largest absolute Gasteiger partial charge is 0.379 e. The topological polar surface area (TPSA) is 25.4 Å². The predicted molar refractivity (Wildman–Crippen MR) is 55.7 cm³/mol. The van der Waals surface area contributed by atoms with Gasteiger partial charge >= 0.3 is 0 Å². The Labute approximate surface area is 85.5 Å². The molecule has 2 rings (SSSR count). The Hall–Kier alpha value is -0.865. The Morgan fingerprint density at radius 2 is 2.14 bits per heavy atom. The third-order valence-corrected chi connectivity index (χ3v) is 2.34. The molecule has 2 heterocycles. The van der Waals surface area contributed by atoms with Gasteiger partial charge in [0.15, 0.2) is 0 Å². The van der Waals surface area contributed by atoms with Crippen molar-refractivity contribution in [1.29, 1.82) is 0 Å². The monoisotopic (exact) mass is 188 g/mol. The summed E-state index contributed by atoms with van der Waals surface area (Å²) in [6, 6.07) is 3.87. The average molecular weight is 188 g/mol. The summed E-state index contributed by atoms with van der Waals surface area (Å²) in [5.41, 5.74) is 1.79. The molecule has 0 atom stereocenters. The smallest absolute Gasteiger partial charge is 0.115 e. The zero-order valence-corrected chi connectivity index (χ0v) is 8.15. The highest BCUT2D eigenvalue weighted by Gasteiger charge is 2.10. The fourth-order valence-corrected chi connectivity index (χ4v) is 1.52. The maximum atomic E-state index is 5.56. The first-order valence-electron chi connectivity index (χ1n) is 4.85. The molecule has 0 bridgehead atoms. The third kappa shape index (κ3) is 2.56. The van der Waals surface area contributed by atoms with Crippen LogP contribution in [0.4, 0.5) is 0 Å². The molecule has 0 aromatic carbocycles. The van der Waals surface area contributed by atoms with Gasteiger partial charge in [-0.05, 0) is 6.07 Å². The van der Waals surface area contributed by atoms with E-state index in [9.17, 15) is 0 Å². The van der Waals surface area contributed by atoms with Crippen molar-refractivity contribution in [2.24, 2.45) is 0 Å². The summed E-state index contributed by atoms with van der Waals surface area (Å²) >= 11 is 0. The van der Waals surface area contributed by atoms with Crippen LogP contribution in [0.25, 0.3) is 0 Å². The van der Waals surface area contributed by atoms with Gasteiger partial charge in [-0.1, -0.05) is 11.5 Å². The van der Waals surface area contributed by atoms with Crippen LogP contribution in [0.3, 0.4) is 0 Å². The molecule has 1 aliphatic heterocycles. The van der Waals surface area contributed by atoms with E-state index in [0.717, 1.165) is 44.0 Å². The summed E-state index contributed by atoms with van der Waals surface area (Å²) in [6.45, 7) is 4.53. The van der Waals surface area contributed by atoms with E-state index < -0.39 is 0 Å². The van der Waals surface area contributed by atoms with E-state index in [1.165, 1.54) is 0 Å². The Bertz CT molecular complexity index is 283. The number of nitrogens with zero attached hydrogens (tertiary/aromatic N) is 2. The number of hydrogen-bond donors (Lipinski definition) is 0. The van der Waals surface area contributed by atoms with Crippen molar-refractivity contribution < 1.29 is 4.74 Å². The van der Waals surface area contributed by atoms with Crippen LogP contribution in [-0.2, 0) is 11.3 Å². The first-order chi connectivity index (χ1) is 6.84. The van der Waals surface area contributed by atoms with Gasteiger partial charge in [0.25, 0.3) is 0 Å². The highest BCUT2D eigenvalue weighted by Crippen LogP contribution is 2.02. The zero-order chi connectivity index (χ0) is 9.80. The molecule has 1 aliphatic rings. The summed E-state index contributed by atoms with van der Waals surface area (Å²) in [6.07, 6.45) is 1.70. The molecule has 1 aromatic rings. The lowest BCUT2D eigenvalue weighted by molar-refractivity contribution is 0.0336. The van der Waals surface area contributed by atoms with Gasteiger partial charge in [0.05, 0.1) is 18.9 Å². The van der Waals surface area contributed by atoms with Gasteiger partial charge in [-0.2, -0.15) is 0 Å². The Kier molecular flexibility index (Phi) is 3.16. The summed E-state index contributed by atoms with van der Waals surface area (Å²) in [5, 5.41) is 0. The Morgan fingerprint density at radius 1 is 1.36 bits per heavy atom. The van der Waals surface area contributed by atoms with E-state index in [-0.39, 0.29) is 0 Å². The van der Waals surface area contributed by atoms with Crippen molar-refractivity contribution >= 4 is 13.3 Å². The van der Waals surface area contributed by atoms with Crippen LogP contribution < -0.4 is 5.46 Å². The highest BCUT2D eigenvalue weighted by atomic mass is 16.5. The standard InChI is InChI=1S/C10H13BN2O/c11-9-1-2-10(12-7-9)8-13-3-5-14-6-4-13/h1-2,7H,3-6,8H2. The van der Waals surface area contributed by atoms with E-state index in [2.05, 4.69) is 9.88 Å². The number of rotatable bonds is 2. The van der Waals surface area contributed by atoms with Crippen molar-refractivity contribution in [2.45, 2.75) is 6.54 Å². The predicted octanol–water partition coefficient (Wildman–Crippen LogP) is -0.292. The van der Waals surface area contributed by atoms with Crippen LogP contribution >= 0.6 is 0 Å². The van der Waals surface area contributed by atoms with Gasteiger partial charge in [-0.3, -0.25) is 9.88 Å². The van der Waals surface area contributed by atoms with Gasteiger partial charge in [-0.15, -0.1) is 0 Å². The lowest BCUT2D eigenvalue weighted by atomic mass is 9.99. The van der Waals surface area contributed by atoms with Crippen molar-refractivity contribution in [3.05, 3.63) is 24.0 Å². The molecular formula is C10H13BN2O. The minimum atomic E-state index is 0.718. The molecule has 14 heavy (non-hydrogen) atoms. The molecule has 0 saturated carbocycles. The van der Waals surface area contributed by atoms with Crippen LogP contribution in [0, 0.1) is 0 Å². The van der Waals surface area contributed by atoms with Crippen molar-refractivity contribution in [3.63, 3.8) is 0 Å². The van der Waals surface area contributed by atoms with Crippen LogP contribution in [0.2, 0.25) is 0 Å². The maximum Gasteiger partial charge on any atom is 0.115 e. The Morgan fingerprint density at radius 3 is 2.79 bits per heavy atom. The molecule has 1 saturated heterocycles. The molecule has 0 amide bonds. The van der Waals surface area contributed by atoms with E-state index in [1.54, 1.807) is 6.20 Å². The number of hydrogen-bond acceptors (Lipinski definition) is 3. The van der Waals surface area contributed by atoms with Gasteiger partial charge < -0.3 is 4.74 Å². The third-order valence-electron chi connectivity index (χ3n) is 2.34. The fourth-order valence-electron chi connectivity index (χ4n) is 1.52. The normalized spacial score (nSPS) is 18.3. The summed E-state index contributed by atoms with van der Waals surface area (Å²) in [5.74, 6) is 0. The van der Waals surface area contributed by atoms with Crippen molar-refractivity contribution in [2.75, 3.05) is 26.3 Å². The quantitative estimate of drug-likeness (QED) is 0.596. The molecule has 1 fully saturated rings. The molecule has 0 unspecified atom stereocenters. The lowest BCUT2D eigenvalue weighted by Gasteiger charge is -2.26. The molecule has 2 radical (unpaired) electrons. The molecule has 0 spiro atoms. The van der Waals surface area contributed by atoms with Gasteiger partial charge in [0.2, 0.25) is 0 Å². The average Bonchev–Trinajstić information content (AvgIpc) is 2.23. The number of ether oxygens (including phenoxy) is 1. The summed E-state index contributed by atoms with van der Waals surface area (Å²) in [7, 11) is 5.56. The maximum absolute atomic E-state index is 5.56. The first kappa shape index (κ1) is 9.68. The number of morpholine rings is 1. The van der Waals surface area contributed by atoms with E-state index >= 15 is 0 Å². The van der Waals surface area contributed by atoms with Crippen LogP contribution in [-0.4, -0.2) is 44.0 Å². The Balaban J connectivity index is 1.92. The van der Waals surface area contributed by atoms with E-state index in [1.807, 2.05) is 12.1 Å². The van der Waals surface area contributed by atoms with Crippen LogP contribution in [0.5, 0.6) is 0 Å². The molecule has 4 heteroatoms. The van der Waals surface area contributed by atoms with Crippen LogP contribution in [0.15, 0.2) is 18.3 Å². The number of pyridine rings is 1. The number of aromatic nitrogens is 1. The van der Waals surface area contributed by atoms with Crippen molar-refractivity contribution in [1.82, 2.24) is 9.88 Å². The summed E-state index contributed by atoms with van der Waals surface area (Å²) in [4.78, 5) is 6.60. The molecule has 72 valence electrons. The van der Waals surface area contributed by atoms with Gasteiger partial charge in [0.1, 0.15) is 7.85 Å². The van der Waals surface area contributed by atoms with Crippen molar-refractivity contribution in [3.8, 4) is 0 Å². The minimum absolute atomic E-state index is 0.718. The highest BCUT2D eigenvalue weighted by molar-refractivity contribution is 6.31. The molecule has 3 nitrogen and oxygen atoms in total. The summed E-state index contributed by atoms with van der Waals surface area (Å²) < 4.78 is 5.27. The second-order valence-electron chi connectivity index (χ2n) is 3.47. The van der Waals surface area contributed by atoms with E-state index in [4.69, 9.17) is 12.6 Å². The first-order valence-corrected chi connectivity index (χ1v) is 4.85. The van der Waals surface area contributed by atoms with Crippen LogP contribution in [0.1, 0.15) is 5.69 Å². The molecular weight excluding hydrogens is 175 g/mol. The lowest BCUT2D eigenvalue weighted by Crippen LogP contribution is -2.35. The molecule has 0 aliphatic carbocycles. The fraction of sp³-hybridized carbons (Fsp3) is 0.500. The second-order valence-corrected chi connectivity index (χ2v) is 3.47. The zero-order valence-electron chi connectivity index (χ0n) is 8.15. The van der Waals surface area contributed by atoms with Gasteiger partial charge in [-0.25, -0.2) is 0 Å². The van der Waals surface area contributed by atoms with E-state index in [0.29, 0.717) is 0 Å². The second kappa shape index (κ2) is 4.57.